The molecule has 0 aliphatic carbocycles. The fourth-order valence-electron chi connectivity index (χ4n) is 4.12. The quantitative estimate of drug-likeness (QED) is 0.452. The van der Waals surface area contributed by atoms with Crippen LogP contribution >= 0.6 is 0 Å². The number of hydrogen-bond acceptors (Lipinski definition) is 0. The zero-order valence-electron chi connectivity index (χ0n) is 18.2. The van der Waals surface area contributed by atoms with Crippen LogP contribution in [-0.4, -0.2) is 0 Å². The zero-order valence-corrected chi connectivity index (χ0v) is 18.2. The van der Waals surface area contributed by atoms with E-state index in [1.54, 1.807) is 0 Å². The maximum atomic E-state index is 2.47. The third kappa shape index (κ3) is 5.00. The minimum absolute atomic E-state index is 0.0844. The van der Waals surface area contributed by atoms with E-state index in [9.17, 15) is 0 Å². The maximum Gasteiger partial charge on any atom is 0.0203 e. The van der Waals surface area contributed by atoms with Crippen molar-refractivity contribution in [3.05, 3.63) is 70.8 Å². The molecule has 0 aliphatic rings. The fourth-order valence-corrected chi connectivity index (χ4v) is 4.12. The summed E-state index contributed by atoms with van der Waals surface area (Å²) in [6.45, 7) is 15.6. The molecule has 0 aromatic heterocycles. The van der Waals surface area contributed by atoms with Crippen molar-refractivity contribution in [2.45, 2.75) is 86.0 Å². The predicted octanol–water partition coefficient (Wildman–Crippen LogP) is 7.97. The van der Waals surface area contributed by atoms with Crippen molar-refractivity contribution in [2.24, 2.45) is 5.92 Å². The molecule has 0 aliphatic heterocycles. The van der Waals surface area contributed by atoms with Crippen molar-refractivity contribution in [1.82, 2.24) is 0 Å². The number of aryl methyl sites for hydroxylation is 2. The first kappa shape index (κ1) is 22.5. The highest BCUT2D eigenvalue weighted by atomic mass is 14.4. The number of hydrogen-bond donors (Lipinski definition) is 0. The smallest absolute Gasteiger partial charge is 0.0203 e. The molecule has 2 aromatic carbocycles. The van der Waals surface area contributed by atoms with Crippen LogP contribution in [0.3, 0.4) is 0 Å². The van der Waals surface area contributed by atoms with Crippen LogP contribution in [0.25, 0.3) is 0 Å². The Kier molecular flexibility index (Phi) is 9.70. The molecular formula is C26H40. The number of benzene rings is 2. The summed E-state index contributed by atoms with van der Waals surface area (Å²) in [6.07, 6.45) is 5.94. The first-order valence-electron chi connectivity index (χ1n) is 10.8. The van der Waals surface area contributed by atoms with E-state index in [4.69, 9.17) is 0 Å². The molecule has 0 heteroatoms. The summed E-state index contributed by atoms with van der Waals surface area (Å²) >= 11 is 0. The van der Waals surface area contributed by atoms with Crippen LogP contribution in [0.2, 0.25) is 0 Å². The van der Waals surface area contributed by atoms with Gasteiger partial charge in [-0.05, 0) is 47.4 Å². The minimum atomic E-state index is 0.0844. The molecule has 0 spiro atoms. The Hall–Kier alpha value is -1.56. The van der Waals surface area contributed by atoms with E-state index in [1.807, 2.05) is 13.8 Å². The highest BCUT2D eigenvalue weighted by Gasteiger charge is 2.36. The SMILES string of the molecule is CC.CCCC(CC)C(C)(c1cccc(CC)c1)c1cccc(CC)c1. The second-order valence-corrected chi connectivity index (χ2v) is 7.20. The van der Waals surface area contributed by atoms with E-state index in [2.05, 4.69) is 83.1 Å². The molecule has 2 aromatic rings. The lowest BCUT2D eigenvalue weighted by Crippen LogP contribution is -2.33. The molecule has 26 heavy (non-hydrogen) atoms. The molecule has 0 heterocycles. The highest BCUT2D eigenvalue weighted by Crippen LogP contribution is 2.43. The molecule has 0 fully saturated rings. The summed E-state index contributed by atoms with van der Waals surface area (Å²) in [5.74, 6) is 0.668. The van der Waals surface area contributed by atoms with E-state index < -0.39 is 0 Å². The Bertz CT molecular complexity index is 590. The molecule has 144 valence electrons. The van der Waals surface area contributed by atoms with Gasteiger partial charge < -0.3 is 0 Å². The van der Waals surface area contributed by atoms with Gasteiger partial charge in [0.1, 0.15) is 0 Å². The third-order valence-electron chi connectivity index (χ3n) is 5.82. The van der Waals surface area contributed by atoms with Crippen molar-refractivity contribution in [2.75, 3.05) is 0 Å². The average Bonchev–Trinajstić information content (AvgIpc) is 2.72. The summed E-state index contributed by atoms with van der Waals surface area (Å²) < 4.78 is 0. The summed E-state index contributed by atoms with van der Waals surface area (Å²) in [6, 6.07) is 18.6. The first-order valence-corrected chi connectivity index (χ1v) is 10.8. The largest absolute Gasteiger partial charge is 0.0683 e. The van der Waals surface area contributed by atoms with Crippen LogP contribution in [-0.2, 0) is 18.3 Å². The Labute approximate surface area is 163 Å². The standard InChI is InChI=1S/C24H34.C2H6/c1-6-12-21(9-4)24(5,22-15-10-13-19(7-2)17-22)23-16-11-14-20(8-3)18-23;1-2/h10-11,13-18,21H,6-9,12H2,1-5H3;1-2H3. The normalized spacial score (nSPS) is 12.3. The van der Waals surface area contributed by atoms with Crippen molar-refractivity contribution in [3.63, 3.8) is 0 Å². The summed E-state index contributed by atoms with van der Waals surface area (Å²) in [4.78, 5) is 0. The predicted molar refractivity (Wildman–Crippen MR) is 118 cm³/mol. The van der Waals surface area contributed by atoms with Gasteiger partial charge in [-0.3, -0.25) is 0 Å². The molecule has 0 bridgehead atoms. The Morgan fingerprint density at radius 2 is 1.23 bits per heavy atom. The molecule has 0 saturated carbocycles. The van der Waals surface area contributed by atoms with E-state index in [1.165, 1.54) is 41.5 Å². The van der Waals surface area contributed by atoms with Gasteiger partial charge in [-0.25, -0.2) is 0 Å². The highest BCUT2D eigenvalue weighted by molar-refractivity contribution is 5.42. The van der Waals surface area contributed by atoms with Crippen LogP contribution in [0, 0.1) is 5.92 Å². The van der Waals surface area contributed by atoms with Gasteiger partial charge in [0, 0.05) is 5.41 Å². The van der Waals surface area contributed by atoms with E-state index >= 15 is 0 Å². The number of rotatable bonds is 8. The molecule has 1 atom stereocenters. The Balaban J connectivity index is 0.00000163. The first-order chi connectivity index (χ1) is 12.6. The van der Waals surface area contributed by atoms with E-state index in [-0.39, 0.29) is 5.41 Å². The van der Waals surface area contributed by atoms with Crippen molar-refractivity contribution >= 4 is 0 Å². The van der Waals surface area contributed by atoms with Gasteiger partial charge in [-0.15, -0.1) is 0 Å². The third-order valence-corrected chi connectivity index (χ3v) is 5.82. The molecule has 0 radical (unpaired) electrons. The molecular weight excluding hydrogens is 312 g/mol. The molecule has 0 N–H and O–H groups in total. The molecule has 2 rings (SSSR count). The molecule has 0 nitrogen and oxygen atoms in total. The van der Waals surface area contributed by atoms with Gasteiger partial charge >= 0.3 is 0 Å². The second-order valence-electron chi connectivity index (χ2n) is 7.20. The van der Waals surface area contributed by atoms with Gasteiger partial charge in [-0.1, -0.05) is 110 Å². The Morgan fingerprint density at radius 3 is 1.58 bits per heavy atom. The van der Waals surface area contributed by atoms with Gasteiger partial charge in [0.15, 0.2) is 0 Å². The monoisotopic (exact) mass is 352 g/mol. The lowest BCUT2D eigenvalue weighted by Gasteiger charge is -2.39. The van der Waals surface area contributed by atoms with Crippen LogP contribution in [0.4, 0.5) is 0 Å². The van der Waals surface area contributed by atoms with Gasteiger partial charge in [0.05, 0.1) is 0 Å². The second kappa shape index (κ2) is 11.2. The van der Waals surface area contributed by atoms with Crippen LogP contribution in [0.15, 0.2) is 48.5 Å². The van der Waals surface area contributed by atoms with Crippen LogP contribution in [0.5, 0.6) is 0 Å². The average molecular weight is 353 g/mol. The minimum Gasteiger partial charge on any atom is -0.0683 e. The lowest BCUT2D eigenvalue weighted by molar-refractivity contribution is 0.311. The Morgan fingerprint density at radius 1 is 0.769 bits per heavy atom. The lowest BCUT2D eigenvalue weighted by atomic mass is 9.64. The molecule has 0 amide bonds. The zero-order chi connectivity index (χ0) is 19.6. The van der Waals surface area contributed by atoms with Gasteiger partial charge in [0.2, 0.25) is 0 Å². The summed E-state index contributed by atoms with van der Waals surface area (Å²) in [5.41, 5.74) is 5.93. The molecule has 0 saturated heterocycles. The summed E-state index contributed by atoms with van der Waals surface area (Å²) in [7, 11) is 0. The van der Waals surface area contributed by atoms with Gasteiger partial charge in [0.25, 0.3) is 0 Å². The fraction of sp³-hybridized carbons (Fsp3) is 0.538. The van der Waals surface area contributed by atoms with Crippen molar-refractivity contribution < 1.29 is 0 Å². The van der Waals surface area contributed by atoms with Crippen molar-refractivity contribution in [3.8, 4) is 0 Å². The van der Waals surface area contributed by atoms with Gasteiger partial charge in [-0.2, -0.15) is 0 Å². The van der Waals surface area contributed by atoms with E-state index in [0.29, 0.717) is 5.92 Å². The van der Waals surface area contributed by atoms with Crippen LogP contribution in [0.1, 0.15) is 90.0 Å². The van der Waals surface area contributed by atoms with E-state index in [0.717, 1.165) is 12.8 Å². The maximum absolute atomic E-state index is 2.47. The topological polar surface area (TPSA) is 0 Å². The van der Waals surface area contributed by atoms with Crippen molar-refractivity contribution in [1.29, 1.82) is 0 Å². The summed E-state index contributed by atoms with van der Waals surface area (Å²) in [5, 5.41) is 0. The van der Waals surface area contributed by atoms with Crippen LogP contribution < -0.4 is 0 Å². The molecule has 1 unspecified atom stereocenters.